The maximum Gasteiger partial charge on any atom is 1.00 e. The third kappa shape index (κ3) is 4.91. The van der Waals surface area contributed by atoms with Crippen LogP contribution in [0.2, 0.25) is 0 Å². The van der Waals surface area contributed by atoms with Crippen molar-refractivity contribution < 1.29 is 70.3 Å². The molecule has 0 aliphatic carbocycles. The molecule has 0 saturated heterocycles. The Hall–Kier alpha value is -0.360. The fourth-order valence-electron chi connectivity index (χ4n) is 0.946. The molecule has 1 aromatic rings. The molecule has 0 bridgehead atoms. The van der Waals surface area contributed by atoms with E-state index in [-0.39, 0.29) is 43.1 Å². The number of hydrogen-bond acceptors (Lipinski definition) is 3. The summed E-state index contributed by atoms with van der Waals surface area (Å²) in [6.07, 6.45) is -10.5. The standard InChI is InChI=1S/C7H3F6NO3S.Na.H/c8-6(9,10)3-1-4(7(11,12)13)14-5(2-3)18(15,16)17;;/h1-2H,(H,15,16,17);;/q;+1;-1. The average molecular weight is 319 g/mol. The number of nitrogens with zero attached hydrogens (tertiary/aromatic N) is 1. The molecule has 1 heterocycles. The molecule has 0 unspecified atom stereocenters. The molecule has 1 N–H and O–H groups in total. The van der Waals surface area contributed by atoms with Gasteiger partial charge in [0, 0.05) is 0 Å². The van der Waals surface area contributed by atoms with Gasteiger partial charge in [-0.2, -0.15) is 34.8 Å². The van der Waals surface area contributed by atoms with Crippen molar-refractivity contribution in [3.8, 4) is 0 Å². The maximum absolute atomic E-state index is 12.3. The van der Waals surface area contributed by atoms with E-state index in [1.54, 1.807) is 0 Å². The quantitative estimate of drug-likeness (QED) is 0.430. The Kier molecular flexibility index (Phi) is 5.45. The SMILES string of the molecule is O=S(=O)(O)c1cc(C(F)(F)F)cc(C(F)(F)F)n1.[H-].[Na+]. The third-order valence-electron chi connectivity index (χ3n) is 1.68. The minimum atomic E-state index is -5.28. The third-order valence-corrected chi connectivity index (χ3v) is 2.42. The van der Waals surface area contributed by atoms with Crippen LogP contribution in [0.4, 0.5) is 26.3 Å². The normalized spacial score (nSPS) is 13.0. The van der Waals surface area contributed by atoms with Gasteiger partial charge in [0.2, 0.25) is 0 Å². The number of rotatable bonds is 1. The van der Waals surface area contributed by atoms with E-state index in [1.807, 2.05) is 0 Å². The summed E-state index contributed by atoms with van der Waals surface area (Å²) in [6, 6.07) is -0.542. The Morgan fingerprint density at radius 1 is 1.05 bits per heavy atom. The number of hydrogen-bond donors (Lipinski definition) is 1. The fraction of sp³-hybridized carbons (Fsp3) is 0.286. The number of alkyl halides is 6. The second-order valence-corrected chi connectivity index (χ2v) is 4.42. The first-order valence-electron chi connectivity index (χ1n) is 3.96. The van der Waals surface area contributed by atoms with Gasteiger partial charge in [0.05, 0.1) is 5.56 Å². The summed E-state index contributed by atoms with van der Waals surface area (Å²) in [7, 11) is -5.28. The van der Waals surface area contributed by atoms with Crippen molar-refractivity contribution in [2.45, 2.75) is 17.4 Å². The van der Waals surface area contributed by atoms with Gasteiger partial charge in [-0.05, 0) is 12.1 Å². The molecule has 0 saturated carbocycles. The van der Waals surface area contributed by atoms with E-state index in [2.05, 4.69) is 4.98 Å². The van der Waals surface area contributed by atoms with E-state index in [0.717, 1.165) is 0 Å². The monoisotopic (exact) mass is 319 g/mol. The first-order chi connectivity index (χ1) is 7.82. The Balaban J connectivity index is 0. The predicted molar refractivity (Wildman–Crippen MR) is 45.2 cm³/mol. The molecule has 0 spiro atoms. The van der Waals surface area contributed by atoms with Gasteiger partial charge in [0.25, 0.3) is 0 Å². The van der Waals surface area contributed by atoms with Crippen LogP contribution in [0.15, 0.2) is 17.2 Å². The molecule has 12 heteroatoms. The van der Waals surface area contributed by atoms with Gasteiger partial charge in [0.15, 0.2) is 5.03 Å². The van der Waals surface area contributed by atoms with Gasteiger partial charge in [-0.15, -0.1) is 0 Å². The molecule has 0 aliphatic rings. The summed E-state index contributed by atoms with van der Waals surface area (Å²) >= 11 is 0. The van der Waals surface area contributed by atoms with Crippen molar-refractivity contribution in [3.63, 3.8) is 0 Å². The minimum absolute atomic E-state index is 0. The number of pyridine rings is 1. The van der Waals surface area contributed by atoms with Gasteiger partial charge >= 0.3 is 52.0 Å². The van der Waals surface area contributed by atoms with Gasteiger partial charge < -0.3 is 1.43 Å². The summed E-state index contributed by atoms with van der Waals surface area (Å²) in [6.45, 7) is 0. The molecule has 0 fully saturated rings. The molecule has 0 aromatic carbocycles. The Morgan fingerprint density at radius 3 is 1.84 bits per heavy atom. The molecule has 104 valence electrons. The molecular weight excluding hydrogens is 315 g/mol. The molecular formula is C7H4F6NNaO3S. The first-order valence-corrected chi connectivity index (χ1v) is 5.40. The second kappa shape index (κ2) is 5.56. The van der Waals surface area contributed by atoms with Crippen molar-refractivity contribution in [2.75, 3.05) is 0 Å². The van der Waals surface area contributed by atoms with Gasteiger partial charge in [-0.3, -0.25) is 4.55 Å². The van der Waals surface area contributed by atoms with Crippen LogP contribution in [0.1, 0.15) is 12.7 Å². The summed E-state index contributed by atoms with van der Waals surface area (Å²) in [4.78, 5) is 2.43. The summed E-state index contributed by atoms with van der Waals surface area (Å²) in [5.41, 5.74) is -3.94. The summed E-state index contributed by atoms with van der Waals surface area (Å²) in [5, 5.41) is -1.72. The predicted octanol–water partition coefficient (Wildman–Crippen LogP) is -0.518. The molecule has 0 atom stereocenters. The number of aromatic nitrogens is 1. The van der Waals surface area contributed by atoms with Crippen LogP contribution in [-0.2, 0) is 22.5 Å². The van der Waals surface area contributed by atoms with Crippen LogP contribution >= 0.6 is 0 Å². The van der Waals surface area contributed by atoms with Crippen molar-refractivity contribution >= 4 is 10.1 Å². The Bertz CT molecular complexity index is 541. The van der Waals surface area contributed by atoms with Crippen LogP contribution in [0.25, 0.3) is 0 Å². The number of halogens is 6. The van der Waals surface area contributed by atoms with E-state index >= 15 is 0 Å². The molecule has 1 aromatic heterocycles. The average Bonchev–Trinajstić information content (AvgIpc) is 2.13. The van der Waals surface area contributed by atoms with Crippen LogP contribution in [-0.4, -0.2) is 18.0 Å². The van der Waals surface area contributed by atoms with E-state index in [1.165, 1.54) is 0 Å². The van der Waals surface area contributed by atoms with Gasteiger partial charge in [-0.25, -0.2) is 4.98 Å². The summed E-state index contributed by atoms with van der Waals surface area (Å²) < 4.78 is 103. The van der Waals surface area contributed by atoms with Crippen LogP contribution in [0.3, 0.4) is 0 Å². The van der Waals surface area contributed by atoms with Crippen LogP contribution in [0.5, 0.6) is 0 Å². The van der Waals surface area contributed by atoms with Crippen molar-refractivity contribution in [1.82, 2.24) is 4.98 Å². The zero-order valence-electron chi connectivity index (χ0n) is 10.0. The molecule has 0 amide bonds. The Labute approximate surface area is 126 Å². The first kappa shape index (κ1) is 18.6. The maximum atomic E-state index is 12.3. The van der Waals surface area contributed by atoms with Crippen molar-refractivity contribution in [3.05, 3.63) is 23.4 Å². The molecule has 0 radical (unpaired) electrons. The van der Waals surface area contributed by atoms with Crippen molar-refractivity contribution in [2.24, 2.45) is 0 Å². The fourth-order valence-corrected chi connectivity index (χ4v) is 1.44. The largest absolute Gasteiger partial charge is 1.00 e. The van der Waals surface area contributed by atoms with E-state index in [9.17, 15) is 34.8 Å². The molecule has 4 nitrogen and oxygen atoms in total. The van der Waals surface area contributed by atoms with E-state index in [0.29, 0.717) is 0 Å². The second-order valence-electron chi connectivity index (χ2n) is 3.05. The molecule has 1 rings (SSSR count). The topological polar surface area (TPSA) is 67.3 Å². The zero-order chi connectivity index (χ0) is 14.4. The minimum Gasteiger partial charge on any atom is -1.00 e. The smallest absolute Gasteiger partial charge is 1.00 e. The molecule has 19 heavy (non-hydrogen) atoms. The van der Waals surface area contributed by atoms with Crippen molar-refractivity contribution in [1.29, 1.82) is 0 Å². The summed E-state index contributed by atoms with van der Waals surface area (Å²) in [5.74, 6) is 0. The van der Waals surface area contributed by atoms with Gasteiger partial charge in [-0.1, -0.05) is 0 Å². The van der Waals surface area contributed by atoms with Crippen LogP contribution < -0.4 is 29.6 Å². The Morgan fingerprint density at radius 2 is 1.53 bits per heavy atom. The molecule has 0 aliphatic heterocycles. The van der Waals surface area contributed by atoms with E-state index < -0.39 is 38.8 Å². The van der Waals surface area contributed by atoms with Crippen LogP contribution in [0, 0.1) is 0 Å². The van der Waals surface area contributed by atoms with Gasteiger partial charge in [0.1, 0.15) is 5.69 Å². The zero-order valence-corrected chi connectivity index (χ0v) is 11.9. The van der Waals surface area contributed by atoms with E-state index in [4.69, 9.17) is 4.55 Å².